The molecule has 0 spiro atoms. The van der Waals surface area contributed by atoms with E-state index in [4.69, 9.17) is 0 Å². The molecule has 82 valence electrons. The highest BCUT2D eigenvalue weighted by Gasteiger charge is 2.06. The monoisotopic (exact) mass is 206 g/mol. The Balaban J connectivity index is 2.54. The lowest BCUT2D eigenvalue weighted by Crippen LogP contribution is -2.36. The van der Waals surface area contributed by atoms with Crippen LogP contribution in [0.5, 0.6) is 0 Å². The van der Waals surface area contributed by atoms with Gasteiger partial charge in [0.1, 0.15) is 0 Å². The molecular weight excluding hydrogens is 188 g/mol. The fraction of sp³-hybridized carbons (Fsp3) is 0.417. The molecule has 2 amide bonds. The standard InChI is InChI=1S/C12H18N2O/c1-4-13-12(15)14(3)9-11-7-5-10(2)6-8-11/h5-8H,4,9H2,1-3H3,(H,13,15). The average Bonchev–Trinajstić information content (AvgIpc) is 2.22. The van der Waals surface area contributed by atoms with Crippen molar-refractivity contribution in [1.82, 2.24) is 10.2 Å². The van der Waals surface area contributed by atoms with Gasteiger partial charge in [-0.1, -0.05) is 29.8 Å². The smallest absolute Gasteiger partial charge is 0.317 e. The van der Waals surface area contributed by atoms with Gasteiger partial charge in [0.15, 0.2) is 0 Å². The van der Waals surface area contributed by atoms with Gasteiger partial charge in [-0.2, -0.15) is 0 Å². The molecule has 0 aliphatic rings. The molecule has 3 heteroatoms. The normalized spacial score (nSPS) is 9.80. The van der Waals surface area contributed by atoms with E-state index in [-0.39, 0.29) is 6.03 Å². The molecule has 0 aliphatic carbocycles. The number of nitrogens with zero attached hydrogens (tertiary/aromatic N) is 1. The van der Waals surface area contributed by atoms with Crippen LogP contribution in [0.15, 0.2) is 24.3 Å². The van der Waals surface area contributed by atoms with Gasteiger partial charge >= 0.3 is 6.03 Å². The molecule has 0 atom stereocenters. The maximum atomic E-state index is 11.4. The topological polar surface area (TPSA) is 32.3 Å². The van der Waals surface area contributed by atoms with Crippen molar-refractivity contribution in [1.29, 1.82) is 0 Å². The van der Waals surface area contributed by atoms with Crippen molar-refractivity contribution in [2.45, 2.75) is 20.4 Å². The third kappa shape index (κ3) is 3.62. The number of carbonyl (C=O) groups excluding carboxylic acids is 1. The maximum Gasteiger partial charge on any atom is 0.317 e. The molecule has 0 heterocycles. The minimum atomic E-state index is -0.0296. The van der Waals surface area contributed by atoms with Crippen molar-refractivity contribution in [3.8, 4) is 0 Å². The Morgan fingerprint density at radius 1 is 1.33 bits per heavy atom. The summed E-state index contributed by atoms with van der Waals surface area (Å²) in [5, 5.41) is 2.76. The van der Waals surface area contributed by atoms with E-state index in [9.17, 15) is 4.79 Å². The Morgan fingerprint density at radius 3 is 2.47 bits per heavy atom. The predicted octanol–water partition coefficient (Wildman–Crippen LogP) is 2.16. The summed E-state index contributed by atoms with van der Waals surface area (Å²) in [6.07, 6.45) is 0. The summed E-state index contributed by atoms with van der Waals surface area (Å²) in [6.45, 7) is 5.28. The quantitative estimate of drug-likeness (QED) is 0.807. The molecule has 3 nitrogen and oxygen atoms in total. The van der Waals surface area contributed by atoms with Gasteiger partial charge in [0, 0.05) is 20.1 Å². The van der Waals surface area contributed by atoms with E-state index in [1.54, 1.807) is 11.9 Å². The molecular formula is C12H18N2O. The van der Waals surface area contributed by atoms with Crippen LogP contribution in [0.25, 0.3) is 0 Å². The summed E-state index contributed by atoms with van der Waals surface area (Å²) >= 11 is 0. The first kappa shape index (κ1) is 11.6. The summed E-state index contributed by atoms with van der Waals surface area (Å²) in [5.74, 6) is 0. The minimum Gasteiger partial charge on any atom is -0.338 e. The van der Waals surface area contributed by atoms with Gasteiger partial charge in [-0.15, -0.1) is 0 Å². The van der Waals surface area contributed by atoms with Crippen molar-refractivity contribution >= 4 is 6.03 Å². The summed E-state index contributed by atoms with van der Waals surface area (Å²) < 4.78 is 0. The third-order valence-corrected chi connectivity index (χ3v) is 2.22. The van der Waals surface area contributed by atoms with E-state index in [1.165, 1.54) is 5.56 Å². The molecule has 15 heavy (non-hydrogen) atoms. The highest BCUT2D eigenvalue weighted by atomic mass is 16.2. The molecule has 1 aromatic carbocycles. The van der Waals surface area contributed by atoms with Crippen LogP contribution in [0.3, 0.4) is 0 Å². The number of rotatable bonds is 3. The predicted molar refractivity (Wildman–Crippen MR) is 61.7 cm³/mol. The lowest BCUT2D eigenvalue weighted by molar-refractivity contribution is 0.207. The molecule has 1 rings (SSSR count). The van der Waals surface area contributed by atoms with Gasteiger partial charge in [0.2, 0.25) is 0 Å². The molecule has 1 aromatic rings. The van der Waals surface area contributed by atoms with E-state index >= 15 is 0 Å². The third-order valence-electron chi connectivity index (χ3n) is 2.22. The number of nitrogens with one attached hydrogen (secondary N) is 1. The molecule has 0 saturated carbocycles. The molecule has 0 bridgehead atoms. The number of aryl methyl sites for hydroxylation is 1. The number of urea groups is 1. The zero-order chi connectivity index (χ0) is 11.3. The first-order valence-corrected chi connectivity index (χ1v) is 5.18. The van der Waals surface area contributed by atoms with Crippen LogP contribution in [0.2, 0.25) is 0 Å². The van der Waals surface area contributed by atoms with Gasteiger partial charge < -0.3 is 10.2 Å². The van der Waals surface area contributed by atoms with Crippen LogP contribution in [0, 0.1) is 6.92 Å². The number of amides is 2. The lowest BCUT2D eigenvalue weighted by atomic mass is 10.1. The maximum absolute atomic E-state index is 11.4. The number of hydrogen-bond donors (Lipinski definition) is 1. The lowest BCUT2D eigenvalue weighted by Gasteiger charge is -2.17. The molecule has 0 radical (unpaired) electrons. The Labute approximate surface area is 91.1 Å². The van der Waals surface area contributed by atoms with Crippen molar-refractivity contribution in [3.63, 3.8) is 0 Å². The van der Waals surface area contributed by atoms with Crippen molar-refractivity contribution in [3.05, 3.63) is 35.4 Å². The van der Waals surface area contributed by atoms with Crippen LogP contribution in [-0.2, 0) is 6.54 Å². The zero-order valence-corrected chi connectivity index (χ0v) is 9.58. The van der Waals surface area contributed by atoms with Crippen LogP contribution < -0.4 is 5.32 Å². The number of benzene rings is 1. The Kier molecular flexibility index (Phi) is 4.16. The molecule has 1 N–H and O–H groups in total. The van der Waals surface area contributed by atoms with Gasteiger partial charge in [-0.25, -0.2) is 4.79 Å². The largest absolute Gasteiger partial charge is 0.338 e. The fourth-order valence-corrected chi connectivity index (χ4v) is 1.33. The van der Waals surface area contributed by atoms with E-state index in [0.717, 1.165) is 5.56 Å². The molecule has 0 fully saturated rings. The van der Waals surface area contributed by atoms with E-state index in [1.807, 2.05) is 19.1 Å². The summed E-state index contributed by atoms with van der Waals surface area (Å²) in [7, 11) is 1.80. The Bertz CT molecular complexity index is 319. The first-order valence-electron chi connectivity index (χ1n) is 5.18. The van der Waals surface area contributed by atoms with Crippen LogP contribution in [0.1, 0.15) is 18.1 Å². The number of carbonyl (C=O) groups is 1. The van der Waals surface area contributed by atoms with E-state index in [0.29, 0.717) is 13.1 Å². The molecule has 0 aliphatic heterocycles. The average molecular weight is 206 g/mol. The van der Waals surface area contributed by atoms with Crippen molar-refractivity contribution < 1.29 is 4.79 Å². The van der Waals surface area contributed by atoms with Crippen LogP contribution in [0.4, 0.5) is 4.79 Å². The van der Waals surface area contributed by atoms with E-state index < -0.39 is 0 Å². The highest BCUT2D eigenvalue weighted by molar-refractivity contribution is 5.73. The summed E-state index contributed by atoms with van der Waals surface area (Å²) in [6, 6.07) is 8.18. The van der Waals surface area contributed by atoms with Crippen molar-refractivity contribution in [2.75, 3.05) is 13.6 Å². The zero-order valence-electron chi connectivity index (χ0n) is 9.58. The Hall–Kier alpha value is -1.51. The number of hydrogen-bond acceptors (Lipinski definition) is 1. The summed E-state index contributed by atoms with van der Waals surface area (Å²) in [4.78, 5) is 13.1. The van der Waals surface area contributed by atoms with Crippen molar-refractivity contribution in [2.24, 2.45) is 0 Å². The second kappa shape index (κ2) is 5.39. The van der Waals surface area contributed by atoms with Gasteiger partial charge in [-0.05, 0) is 19.4 Å². The van der Waals surface area contributed by atoms with Gasteiger partial charge in [-0.3, -0.25) is 0 Å². The van der Waals surface area contributed by atoms with Gasteiger partial charge in [0.25, 0.3) is 0 Å². The SMILES string of the molecule is CCNC(=O)N(C)Cc1ccc(C)cc1. The first-order chi connectivity index (χ1) is 7.13. The van der Waals surface area contributed by atoms with Crippen LogP contribution in [-0.4, -0.2) is 24.5 Å². The second-order valence-electron chi connectivity index (χ2n) is 3.68. The van der Waals surface area contributed by atoms with Gasteiger partial charge in [0.05, 0.1) is 0 Å². The van der Waals surface area contributed by atoms with E-state index in [2.05, 4.69) is 24.4 Å². The fourth-order valence-electron chi connectivity index (χ4n) is 1.33. The summed E-state index contributed by atoms with van der Waals surface area (Å²) in [5.41, 5.74) is 2.38. The molecule has 0 saturated heterocycles. The minimum absolute atomic E-state index is 0.0296. The second-order valence-corrected chi connectivity index (χ2v) is 3.68. The Morgan fingerprint density at radius 2 is 1.93 bits per heavy atom. The molecule has 0 unspecified atom stereocenters. The molecule has 0 aromatic heterocycles. The highest BCUT2D eigenvalue weighted by Crippen LogP contribution is 2.05. The van der Waals surface area contributed by atoms with Crippen LogP contribution >= 0.6 is 0 Å².